The van der Waals surface area contributed by atoms with E-state index in [0.29, 0.717) is 11.5 Å². The van der Waals surface area contributed by atoms with E-state index in [2.05, 4.69) is 9.68 Å². The summed E-state index contributed by atoms with van der Waals surface area (Å²) in [7, 11) is 0. The van der Waals surface area contributed by atoms with Crippen molar-refractivity contribution in [1.29, 1.82) is 0 Å². The highest BCUT2D eigenvalue weighted by Crippen LogP contribution is 2.20. The maximum absolute atomic E-state index is 12.5. The summed E-state index contributed by atoms with van der Waals surface area (Å²) in [6.45, 7) is 0. The molecule has 1 aromatic carbocycles. The fourth-order valence-electron chi connectivity index (χ4n) is 0.884. The molecule has 0 fully saturated rings. The molecule has 2 rings (SSSR count). The molecule has 1 heterocycles. The minimum atomic E-state index is -0.294. The van der Waals surface area contributed by atoms with Crippen molar-refractivity contribution >= 4 is 0 Å². The third-order valence-electron chi connectivity index (χ3n) is 1.46. The summed E-state index contributed by atoms with van der Waals surface area (Å²) in [5.74, 6) is 0.744. The van der Waals surface area contributed by atoms with Crippen molar-refractivity contribution in [3.63, 3.8) is 0 Å². The minimum absolute atomic E-state index is 0.294. The Hall–Kier alpha value is -1.84. The van der Waals surface area contributed by atoms with Gasteiger partial charge in [-0.25, -0.2) is 4.39 Å². The van der Waals surface area contributed by atoms with Crippen LogP contribution < -0.4 is 4.74 Å². The Balaban J connectivity index is 2.15. The van der Waals surface area contributed by atoms with Crippen LogP contribution >= 0.6 is 0 Å². The van der Waals surface area contributed by atoms with Crippen molar-refractivity contribution in [2.24, 2.45) is 0 Å². The fraction of sp³-hybridized carbons (Fsp3) is 0. The minimum Gasteiger partial charge on any atom is -0.452 e. The van der Waals surface area contributed by atoms with Gasteiger partial charge in [0.1, 0.15) is 17.8 Å². The van der Waals surface area contributed by atoms with Crippen molar-refractivity contribution in [2.75, 3.05) is 0 Å². The molecule has 0 aliphatic heterocycles. The van der Waals surface area contributed by atoms with Gasteiger partial charge in [0.05, 0.1) is 0 Å². The zero-order valence-corrected chi connectivity index (χ0v) is 6.61. The first kappa shape index (κ1) is 7.79. The Morgan fingerprint density at radius 1 is 1.15 bits per heavy atom. The molecule has 3 nitrogen and oxygen atoms in total. The predicted octanol–water partition coefficient (Wildman–Crippen LogP) is 2.61. The molecule has 0 saturated heterocycles. The highest BCUT2D eigenvalue weighted by Gasteiger charge is 1.98. The van der Waals surface area contributed by atoms with Crippen LogP contribution in [0.15, 0.2) is 41.2 Å². The maximum atomic E-state index is 12.5. The van der Waals surface area contributed by atoms with Crippen LogP contribution in [0.2, 0.25) is 0 Å². The number of aromatic nitrogens is 1. The number of nitrogens with zero attached hydrogens (tertiary/aromatic N) is 1. The van der Waals surface area contributed by atoms with E-state index >= 15 is 0 Å². The van der Waals surface area contributed by atoms with Crippen LogP contribution in [0.1, 0.15) is 0 Å². The van der Waals surface area contributed by atoms with E-state index in [1.54, 1.807) is 0 Å². The summed E-state index contributed by atoms with van der Waals surface area (Å²) >= 11 is 0. The first-order chi connectivity index (χ1) is 6.34. The lowest BCUT2D eigenvalue weighted by Crippen LogP contribution is -1.81. The van der Waals surface area contributed by atoms with Crippen molar-refractivity contribution in [2.45, 2.75) is 0 Å². The lowest BCUT2D eigenvalue weighted by molar-refractivity contribution is 0.410. The molecular weight excluding hydrogens is 173 g/mol. The summed E-state index contributed by atoms with van der Waals surface area (Å²) in [5.41, 5.74) is 0. The zero-order chi connectivity index (χ0) is 9.10. The Morgan fingerprint density at radius 3 is 2.54 bits per heavy atom. The van der Waals surface area contributed by atoms with E-state index in [9.17, 15) is 4.39 Å². The molecule has 13 heavy (non-hydrogen) atoms. The van der Waals surface area contributed by atoms with Gasteiger partial charge in [-0.3, -0.25) is 0 Å². The molecular formula is C9H6FNO2. The summed E-state index contributed by atoms with van der Waals surface area (Å²) in [5, 5.41) is 3.46. The van der Waals surface area contributed by atoms with E-state index < -0.39 is 0 Å². The van der Waals surface area contributed by atoms with E-state index in [1.165, 1.54) is 36.7 Å². The average Bonchev–Trinajstić information content (AvgIpc) is 2.62. The number of hydrogen-bond donors (Lipinski definition) is 0. The Bertz CT molecular complexity index is 369. The van der Waals surface area contributed by atoms with Crippen LogP contribution in [0.4, 0.5) is 4.39 Å². The predicted molar refractivity (Wildman–Crippen MR) is 43.0 cm³/mol. The first-order valence-electron chi connectivity index (χ1n) is 3.67. The van der Waals surface area contributed by atoms with E-state index in [1.807, 2.05) is 0 Å². The number of benzene rings is 1. The molecule has 66 valence electrons. The summed E-state index contributed by atoms with van der Waals surface area (Å²) in [6, 6.07) is 5.70. The molecule has 0 saturated carbocycles. The topological polar surface area (TPSA) is 35.3 Å². The van der Waals surface area contributed by atoms with Crippen LogP contribution in [-0.4, -0.2) is 5.16 Å². The third-order valence-corrected chi connectivity index (χ3v) is 1.46. The van der Waals surface area contributed by atoms with Gasteiger partial charge in [-0.15, -0.1) is 0 Å². The van der Waals surface area contributed by atoms with Crippen LogP contribution in [0.25, 0.3) is 0 Å². The van der Waals surface area contributed by atoms with Crippen molar-refractivity contribution < 1.29 is 13.7 Å². The van der Waals surface area contributed by atoms with Crippen molar-refractivity contribution in [3.8, 4) is 11.5 Å². The molecule has 0 aliphatic carbocycles. The third kappa shape index (κ3) is 1.84. The molecule has 0 bridgehead atoms. The van der Waals surface area contributed by atoms with Gasteiger partial charge in [-0.05, 0) is 24.3 Å². The van der Waals surface area contributed by atoms with Crippen LogP contribution in [-0.2, 0) is 0 Å². The van der Waals surface area contributed by atoms with Gasteiger partial charge in [0.2, 0.25) is 0 Å². The summed E-state index contributed by atoms with van der Waals surface area (Å²) in [4.78, 5) is 0. The normalized spacial score (nSPS) is 9.92. The fourth-order valence-corrected chi connectivity index (χ4v) is 0.884. The Labute approximate surface area is 73.7 Å². The van der Waals surface area contributed by atoms with Gasteiger partial charge < -0.3 is 9.26 Å². The monoisotopic (exact) mass is 179 g/mol. The number of rotatable bonds is 2. The Kier molecular flexibility index (Phi) is 1.96. The van der Waals surface area contributed by atoms with Gasteiger partial charge in [0.15, 0.2) is 12.0 Å². The number of hydrogen-bond acceptors (Lipinski definition) is 3. The molecule has 0 radical (unpaired) electrons. The standard InChI is InChI=1S/C9H6FNO2/c10-7-1-3-8(4-2-7)13-9-5-11-12-6-9/h1-6H. The second-order valence-electron chi connectivity index (χ2n) is 2.42. The Morgan fingerprint density at radius 2 is 1.92 bits per heavy atom. The van der Waals surface area contributed by atoms with E-state index in [0.717, 1.165) is 0 Å². The van der Waals surface area contributed by atoms with Crippen LogP contribution in [0.3, 0.4) is 0 Å². The second-order valence-corrected chi connectivity index (χ2v) is 2.42. The molecule has 0 atom stereocenters. The molecule has 1 aromatic heterocycles. The quantitative estimate of drug-likeness (QED) is 0.710. The van der Waals surface area contributed by atoms with Crippen LogP contribution in [0, 0.1) is 5.82 Å². The molecule has 4 heteroatoms. The largest absolute Gasteiger partial charge is 0.452 e. The van der Waals surface area contributed by atoms with Gasteiger partial charge >= 0.3 is 0 Å². The average molecular weight is 179 g/mol. The first-order valence-corrected chi connectivity index (χ1v) is 3.67. The summed E-state index contributed by atoms with van der Waals surface area (Å²) in [6.07, 6.45) is 2.80. The molecule has 2 aromatic rings. The van der Waals surface area contributed by atoms with Gasteiger partial charge in [0.25, 0.3) is 0 Å². The van der Waals surface area contributed by atoms with E-state index in [4.69, 9.17) is 4.74 Å². The molecule has 0 N–H and O–H groups in total. The SMILES string of the molecule is Fc1ccc(Oc2cnoc2)cc1. The van der Waals surface area contributed by atoms with Gasteiger partial charge in [-0.2, -0.15) is 0 Å². The van der Waals surface area contributed by atoms with Crippen LogP contribution in [0.5, 0.6) is 11.5 Å². The van der Waals surface area contributed by atoms with E-state index in [-0.39, 0.29) is 5.82 Å². The van der Waals surface area contributed by atoms with Crippen molar-refractivity contribution in [1.82, 2.24) is 5.16 Å². The van der Waals surface area contributed by atoms with Gasteiger partial charge in [-0.1, -0.05) is 5.16 Å². The van der Waals surface area contributed by atoms with Gasteiger partial charge in [0, 0.05) is 0 Å². The number of ether oxygens (including phenoxy) is 1. The zero-order valence-electron chi connectivity index (χ0n) is 6.61. The molecule has 0 aliphatic rings. The molecule has 0 spiro atoms. The number of halogens is 1. The highest BCUT2D eigenvalue weighted by molar-refractivity contribution is 5.27. The lowest BCUT2D eigenvalue weighted by atomic mass is 10.3. The lowest BCUT2D eigenvalue weighted by Gasteiger charge is -1.99. The second kappa shape index (κ2) is 3.26. The smallest absolute Gasteiger partial charge is 0.186 e. The molecule has 0 amide bonds. The van der Waals surface area contributed by atoms with Crippen molar-refractivity contribution in [3.05, 3.63) is 42.5 Å². The molecule has 0 unspecified atom stereocenters. The maximum Gasteiger partial charge on any atom is 0.186 e. The summed E-state index contributed by atoms with van der Waals surface area (Å²) < 4.78 is 22.3. The highest BCUT2D eigenvalue weighted by atomic mass is 19.1.